The van der Waals surface area contributed by atoms with Crippen LogP contribution < -0.4 is 24.2 Å². The molecule has 0 bridgehead atoms. The SMILES string of the molecule is COc1ccc(OCCC(=O)Nc2ccc(OC)c(NS(=O)(=O)c3ccc(F)cc3)c2)cc1. The van der Waals surface area contributed by atoms with Crippen LogP contribution in [-0.4, -0.2) is 35.2 Å². The summed E-state index contributed by atoms with van der Waals surface area (Å²) in [6.45, 7) is 0.151. The van der Waals surface area contributed by atoms with Crippen molar-refractivity contribution in [1.29, 1.82) is 0 Å². The molecule has 0 aliphatic carbocycles. The van der Waals surface area contributed by atoms with Crippen LogP contribution in [-0.2, 0) is 14.8 Å². The first-order valence-corrected chi connectivity index (χ1v) is 11.3. The molecule has 0 saturated heterocycles. The lowest BCUT2D eigenvalue weighted by molar-refractivity contribution is -0.116. The van der Waals surface area contributed by atoms with Gasteiger partial charge in [0.1, 0.15) is 23.1 Å². The predicted molar refractivity (Wildman–Crippen MR) is 122 cm³/mol. The number of rotatable bonds is 10. The van der Waals surface area contributed by atoms with Crippen molar-refractivity contribution in [2.24, 2.45) is 0 Å². The lowest BCUT2D eigenvalue weighted by Crippen LogP contribution is -2.16. The Kier molecular flexibility index (Phi) is 7.73. The van der Waals surface area contributed by atoms with E-state index in [0.29, 0.717) is 17.2 Å². The van der Waals surface area contributed by atoms with Crippen LogP contribution in [0, 0.1) is 5.82 Å². The van der Waals surface area contributed by atoms with Gasteiger partial charge in [0.05, 0.1) is 37.8 Å². The van der Waals surface area contributed by atoms with Crippen LogP contribution in [0.5, 0.6) is 17.2 Å². The van der Waals surface area contributed by atoms with Gasteiger partial charge < -0.3 is 19.5 Å². The fourth-order valence-electron chi connectivity index (χ4n) is 2.84. The molecule has 10 heteroatoms. The van der Waals surface area contributed by atoms with Crippen molar-refractivity contribution < 1.29 is 31.8 Å². The van der Waals surface area contributed by atoms with E-state index >= 15 is 0 Å². The molecule has 0 aliphatic heterocycles. The van der Waals surface area contributed by atoms with E-state index in [-0.39, 0.29) is 35.3 Å². The topological polar surface area (TPSA) is 103 Å². The van der Waals surface area contributed by atoms with Gasteiger partial charge in [0.2, 0.25) is 5.91 Å². The molecule has 0 saturated carbocycles. The standard InChI is InChI=1S/C23H23FN2O6S/c1-30-18-6-8-19(9-7-18)32-14-13-23(27)25-17-5-12-22(31-2)21(15-17)26-33(28,29)20-10-3-16(24)4-11-20/h3-12,15,26H,13-14H2,1-2H3,(H,25,27). The van der Waals surface area contributed by atoms with Crippen molar-refractivity contribution in [2.75, 3.05) is 30.9 Å². The number of carbonyl (C=O) groups is 1. The van der Waals surface area contributed by atoms with Gasteiger partial charge in [-0.3, -0.25) is 9.52 Å². The molecule has 0 aliphatic rings. The number of anilines is 2. The highest BCUT2D eigenvalue weighted by atomic mass is 32.2. The van der Waals surface area contributed by atoms with Crippen LogP contribution in [0.15, 0.2) is 71.6 Å². The third-order valence-corrected chi connectivity index (χ3v) is 5.89. The van der Waals surface area contributed by atoms with E-state index < -0.39 is 15.8 Å². The molecule has 8 nitrogen and oxygen atoms in total. The van der Waals surface area contributed by atoms with Crippen LogP contribution in [0.4, 0.5) is 15.8 Å². The molecule has 0 heterocycles. The molecule has 174 valence electrons. The van der Waals surface area contributed by atoms with Crippen molar-refractivity contribution in [3.63, 3.8) is 0 Å². The zero-order valence-corrected chi connectivity index (χ0v) is 18.8. The summed E-state index contributed by atoms with van der Waals surface area (Å²) in [5, 5.41) is 2.69. The highest BCUT2D eigenvalue weighted by Gasteiger charge is 2.17. The molecule has 1 amide bonds. The molecule has 3 aromatic carbocycles. The third-order valence-electron chi connectivity index (χ3n) is 4.51. The molecular weight excluding hydrogens is 451 g/mol. The quantitative estimate of drug-likeness (QED) is 0.460. The van der Waals surface area contributed by atoms with Crippen LogP contribution in [0.3, 0.4) is 0 Å². The zero-order valence-electron chi connectivity index (χ0n) is 18.0. The summed E-state index contributed by atoms with van der Waals surface area (Å²) in [7, 11) is -1.04. The third kappa shape index (κ3) is 6.59. The molecule has 3 aromatic rings. The van der Waals surface area contributed by atoms with Gasteiger partial charge >= 0.3 is 0 Å². The maximum absolute atomic E-state index is 13.1. The van der Waals surface area contributed by atoms with Gasteiger partial charge in [-0.2, -0.15) is 0 Å². The van der Waals surface area contributed by atoms with Crippen molar-refractivity contribution >= 4 is 27.3 Å². The number of carbonyl (C=O) groups excluding carboxylic acids is 1. The Balaban J connectivity index is 1.63. The summed E-state index contributed by atoms with van der Waals surface area (Å²) in [4.78, 5) is 12.2. The second-order valence-corrected chi connectivity index (χ2v) is 8.48. The number of hydrogen-bond acceptors (Lipinski definition) is 6. The summed E-state index contributed by atoms with van der Waals surface area (Å²) in [5.74, 6) is 0.686. The smallest absolute Gasteiger partial charge is 0.262 e. The summed E-state index contributed by atoms with van der Waals surface area (Å²) in [5.41, 5.74) is 0.483. The summed E-state index contributed by atoms with van der Waals surface area (Å²) < 4.78 is 56.6. The summed E-state index contributed by atoms with van der Waals surface area (Å²) in [6.07, 6.45) is 0.0781. The Morgan fingerprint density at radius 2 is 1.58 bits per heavy atom. The van der Waals surface area contributed by atoms with E-state index in [1.165, 1.54) is 19.2 Å². The van der Waals surface area contributed by atoms with E-state index in [1.807, 2.05) is 0 Å². The number of halogens is 1. The second kappa shape index (κ2) is 10.7. The fourth-order valence-corrected chi connectivity index (χ4v) is 3.90. The molecule has 3 rings (SSSR count). The number of amides is 1. The number of sulfonamides is 1. The van der Waals surface area contributed by atoms with Crippen molar-refractivity contribution in [3.05, 3.63) is 72.5 Å². The van der Waals surface area contributed by atoms with Crippen LogP contribution in [0.1, 0.15) is 6.42 Å². The van der Waals surface area contributed by atoms with Gasteiger partial charge in [-0.25, -0.2) is 12.8 Å². The Morgan fingerprint density at radius 1 is 0.909 bits per heavy atom. The van der Waals surface area contributed by atoms with Crippen molar-refractivity contribution in [2.45, 2.75) is 11.3 Å². The Bertz CT molecular complexity index is 1200. The zero-order chi connectivity index (χ0) is 23.8. The molecule has 0 radical (unpaired) electrons. The number of ether oxygens (including phenoxy) is 3. The van der Waals surface area contributed by atoms with E-state index in [4.69, 9.17) is 14.2 Å². The minimum absolute atomic E-state index is 0.0781. The number of nitrogens with one attached hydrogen (secondary N) is 2. The van der Waals surface area contributed by atoms with Gasteiger partial charge in [-0.1, -0.05) is 0 Å². The monoisotopic (exact) mass is 474 g/mol. The average Bonchev–Trinajstić information content (AvgIpc) is 2.80. The first-order valence-electron chi connectivity index (χ1n) is 9.84. The minimum atomic E-state index is -4.00. The lowest BCUT2D eigenvalue weighted by Gasteiger charge is -2.14. The van der Waals surface area contributed by atoms with Crippen LogP contribution in [0.2, 0.25) is 0 Å². The molecule has 0 spiro atoms. The molecule has 2 N–H and O–H groups in total. The lowest BCUT2D eigenvalue weighted by atomic mass is 10.2. The van der Waals surface area contributed by atoms with Crippen LogP contribution >= 0.6 is 0 Å². The molecule has 0 unspecified atom stereocenters. The average molecular weight is 475 g/mol. The van der Waals surface area contributed by atoms with Crippen molar-refractivity contribution in [1.82, 2.24) is 0 Å². The summed E-state index contributed by atoms with van der Waals surface area (Å²) >= 11 is 0. The maximum atomic E-state index is 13.1. The van der Waals surface area contributed by atoms with Crippen LogP contribution in [0.25, 0.3) is 0 Å². The Labute approximate surface area is 191 Å². The van der Waals surface area contributed by atoms with Gasteiger partial charge in [0.15, 0.2) is 0 Å². The predicted octanol–water partition coefficient (Wildman–Crippen LogP) is 4.05. The van der Waals surface area contributed by atoms with E-state index in [9.17, 15) is 17.6 Å². The Hall–Kier alpha value is -3.79. The Morgan fingerprint density at radius 3 is 2.21 bits per heavy atom. The van der Waals surface area contributed by atoms with Crippen molar-refractivity contribution in [3.8, 4) is 17.2 Å². The molecule has 33 heavy (non-hydrogen) atoms. The highest BCUT2D eigenvalue weighted by Crippen LogP contribution is 2.30. The van der Waals surface area contributed by atoms with Gasteiger partial charge in [-0.05, 0) is 66.7 Å². The van der Waals surface area contributed by atoms with Gasteiger partial charge in [0.25, 0.3) is 10.0 Å². The summed E-state index contributed by atoms with van der Waals surface area (Å²) in [6, 6.07) is 15.9. The maximum Gasteiger partial charge on any atom is 0.262 e. The van der Waals surface area contributed by atoms with Gasteiger partial charge in [-0.15, -0.1) is 0 Å². The molecule has 0 fully saturated rings. The molecule has 0 aromatic heterocycles. The fraction of sp³-hybridized carbons (Fsp3) is 0.174. The second-order valence-electron chi connectivity index (χ2n) is 6.80. The number of methoxy groups -OCH3 is 2. The van der Waals surface area contributed by atoms with Gasteiger partial charge in [0, 0.05) is 5.69 Å². The highest BCUT2D eigenvalue weighted by molar-refractivity contribution is 7.92. The largest absolute Gasteiger partial charge is 0.497 e. The normalized spacial score (nSPS) is 10.9. The first-order chi connectivity index (χ1) is 15.8. The van der Waals surface area contributed by atoms with E-state index in [0.717, 1.165) is 24.3 Å². The number of hydrogen-bond donors (Lipinski definition) is 2. The number of benzene rings is 3. The minimum Gasteiger partial charge on any atom is -0.497 e. The van der Waals surface area contributed by atoms with E-state index in [1.54, 1.807) is 37.4 Å². The molecule has 0 atom stereocenters. The molecular formula is C23H23FN2O6S. The first kappa shape index (κ1) is 23.9. The van der Waals surface area contributed by atoms with E-state index in [2.05, 4.69) is 10.0 Å².